The highest BCUT2D eigenvalue weighted by Crippen LogP contribution is 2.35. The molecule has 92 valence electrons. The molecule has 1 aromatic rings. The quantitative estimate of drug-likeness (QED) is 0.808. The number of benzene rings is 1. The molecule has 0 spiro atoms. The van der Waals surface area contributed by atoms with E-state index in [4.69, 9.17) is 6.11 Å². The fourth-order valence-electron chi connectivity index (χ4n) is 3.12. The number of rotatable bonds is 1. The maximum Gasteiger partial charge on any atom is 0.115 e. The van der Waals surface area contributed by atoms with Crippen LogP contribution in [0.5, 0.6) is 5.75 Å². The molecule has 1 aliphatic carbocycles. The molecule has 1 fully saturated rings. The van der Waals surface area contributed by atoms with Crippen molar-refractivity contribution in [3.63, 3.8) is 0 Å². The highest BCUT2D eigenvalue weighted by Gasteiger charge is 2.27. The Labute approximate surface area is 104 Å². The van der Waals surface area contributed by atoms with Gasteiger partial charge in [-0.1, -0.05) is 6.07 Å². The van der Waals surface area contributed by atoms with Crippen molar-refractivity contribution >= 4 is 0 Å². The zero-order chi connectivity index (χ0) is 12.5. The van der Waals surface area contributed by atoms with Gasteiger partial charge in [0, 0.05) is 14.6 Å². The molecule has 0 unspecified atom stereocenters. The first-order chi connectivity index (χ1) is 8.75. The molecular formula is C15H20O2. The van der Waals surface area contributed by atoms with Gasteiger partial charge in [-0.05, 0) is 67.2 Å². The van der Waals surface area contributed by atoms with E-state index in [0.717, 1.165) is 44.5 Å². The Morgan fingerprint density at radius 1 is 1.12 bits per heavy atom. The van der Waals surface area contributed by atoms with E-state index < -0.39 is 0 Å². The average molecular weight is 233 g/mol. The Morgan fingerprint density at radius 2 is 1.94 bits per heavy atom. The second-order valence-electron chi connectivity index (χ2n) is 5.20. The first kappa shape index (κ1) is 9.95. The van der Waals surface area contributed by atoms with E-state index in [9.17, 15) is 5.11 Å². The minimum Gasteiger partial charge on any atom is -0.508 e. The van der Waals surface area contributed by atoms with Gasteiger partial charge in [-0.15, -0.1) is 0 Å². The number of phenols is 1. The molecule has 1 saturated heterocycles. The van der Waals surface area contributed by atoms with Crippen LogP contribution in [0.1, 0.15) is 31.8 Å². The fourth-order valence-corrected chi connectivity index (χ4v) is 3.12. The van der Waals surface area contributed by atoms with Crippen LogP contribution in [-0.4, -0.2) is 18.3 Å². The largest absolute Gasteiger partial charge is 0.508 e. The van der Waals surface area contributed by atoms with Gasteiger partial charge in [0.15, 0.2) is 0 Å². The summed E-state index contributed by atoms with van der Waals surface area (Å²) in [5, 5.41) is 9.51. The fraction of sp³-hybridized carbons (Fsp3) is 0.600. The molecule has 17 heavy (non-hydrogen) atoms. The lowest BCUT2D eigenvalue weighted by Gasteiger charge is -2.33. The number of aryl methyl sites for hydroxylation is 1. The molecule has 1 aromatic carbocycles. The number of fused-ring (bicyclic) bond motifs is 1. The van der Waals surface area contributed by atoms with E-state index in [1.165, 1.54) is 5.56 Å². The topological polar surface area (TPSA) is 29.5 Å². The second-order valence-corrected chi connectivity index (χ2v) is 5.20. The van der Waals surface area contributed by atoms with Crippen molar-refractivity contribution in [1.82, 2.24) is 0 Å². The minimum absolute atomic E-state index is 0.127. The summed E-state index contributed by atoms with van der Waals surface area (Å²) in [4.78, 5) is 0. The van der Waals surface area contributed by atoms with Crippen LogP contribution in [0.4, 0.5) is 0 Å². The molecule has 1 N–H and O–H groups in total. The number of aromatic hydroxyl groups is 1. The van der Waals surface area contributed by atoms with Crippen LogP contribution < -0.4 is 0 Å². The molecule has 0 saturated carbocycles. The lowest BCUT2D eigenvalue weighted by atomic mass is 9.74. The lowest BCUT2D eigenvalue weighted by Crippen LogP contribution is -2.27. The molecule has 0 radical (unpaired) electrons. The molecule has 1 heterocycles. The van der Waals surface area contributed by atoms with Gasteiger partial charge in [-0.2, -0.15) is 0 Å². The summed E-state index contributed by atoms with van der Waals surface area (Å²) in [6.07, 6.45) is 4.16. The molecule has 2 atom stereocenters. The minimum atomic E-state index is -0.127. The van der Waals surface area contributed by atoms with E-state index in [-0.39, 0.29) is 6.40 Å². The van der Waals surface area contributed by atoms with Crippen molar-refractivity contribution in [3.05, 3.63) is 29.3 Å². The molecule has 1 aliphatic heterocycles. The normalized spacial score (nSPS) is 30.7. The van der Waals surface area contributed by atoms with Crippen LogP contribution in [0.15, 0.2) is 18.2 Å². The number of ether oxygens (including phenoxy) is 1. The summed E-state index contributed by atoms with van der Waals surface area (Å²) < 4.78 is 13.9. The van der Waals surface area contributed by atoms with Gasteiger partial charge in [0.1, 0.15) is 5.75 Å². The molecule has 0 amide bonds. The number of hydrogen-bond acceptors (Lipinski definition) is 2. The van der Waals surface area contributed by atoms with Gasteiger partial charge in [0.2, 0.25) is 0 Å². The standard InChI is InChI=1S/C15H20O2/c16-15-4-3-13-9-12(1-2-14(13)10-15)11-5-7-17-8-6-11/h3-4,10-12,16H,1-2,5-9H2/t12-/m0/s1/i9D/t9-,12+/m1. The monoisotopic (exact) mass is 233 g/mol. The van der Waals surface area contributed by atoms with E-state index in [2.05, 4.69) is 0 Å². The molecule has 2 aliphatic rings. The van der Waals surface area contributed by atoms with E-state index in [1.807, 2.05) is 12.1 Å². The van der Waals surface area contributed by atoms with Gasteiger partial charge in [0.05, 0.1) is 0 Å². The smallest absolute Gasteiger partial charge is 0.115 e. The molecule has 3 rings (SSSR count). The summed E-state index contributed by atoms with van der Waals surface area (Å²) in [6, 6.07) is 5.48. The zero-order valence-corrected chi connectivity index (χ0v) is 10.1. The predicted octanol–water partition coefficient (Wildman–Crippen LogP) is 2.92. The van der Waals surface area contributed by atoms with Crippen molar-refractivity contribution in [3.8, 4) is 5.75 Å². The van der Waals surface area contributed by atoms with Crippen molar-refractivity contribution in [2.75, 3.05) is 13.2 Å². The van der Waals surface area contributed by atoms with Gasteiger partial charge in [0.25, 0.3) is 0 Å². The molecule has 0 bridgehead atoms. The van der Waals surface area contributed by atoms with Crippen molar-refractivity contribution in [2.24, 2.45) is 11.8 Å². The van der Waals surface area contributed by atoms with Crippen LogP contribution in [0, 0.1) is 11.8 Å². The van der Waals surface area contributed by atoms with Gasteiger partial charge >= 0.3 is 0 Å². The summed E-state index contributed by atoms with van der Waals surface area (Å²) in [6.45, 7) is 1.71. The average Bonchev–Trinajstić information content (AvgIpc) is 2.40. The third-order valence-electron chi connectivity index (χ3n) is 4.14. The number of hydrogen-bond donors (Lipinski definition) is 1. The van der Waals surface area contributed by atoms with Crippen molar-refractivity contribution < 1.29 is 11.2 Å². The third kappa shape index (κ3) is 2.32. The van der Waals surface area contributed by atoms with Crippen molar-refractivity contribution in [2.45, 2.75) is 32.1 Å². The Bertz CT molecular complexity index is 427. The zero-order valence-electron chi connectivity index (χ0n) is 11.1. The SMILES string of the molecule is [2H][C@H]1c2ccc(O)cc2CC[C@@H]1C1CCOCC1. The molecule has 2 heteroatoms. The third-order valence-corrected chi connectivity index (χ3v) is 4.14. The molecule has 2 nitrogen and oxygen atoms in total. The van der Waals surface area contributed by atoms with E-state index in [0.29, 0.717) is 17.6 Å². The Hall–Kier alpha value is -1.02. The number of phenolic OH excluding ortho intramolecular Hbond substituents is 1. The van der Waals surface area contributed by atoms with Gasteiger partial charge in [-0.25, -0.2) is 0 Å². The molecular weight excluding hydrogens is 212 g/mol. The summed E-state index contributed by atoms with van der Waals surface area (Å²) in [7, 11) is 0. The highest BCUT2D eigenvalue weighted by molar-refractivity contribution is 5.36. The Morgan fingerprint density at radius 3 is 2.76 bits per heavy atom. The van der Waals surface area contributed by atoms with E-state index >= 15 is 0 Å². The molecule has 0 aromatic heterocycles. The van der Waals surface area contributed by atoms with Crippen LogP contribution in [0.25, 0.3) is 0 Å². The summed E-state index contributed by atoms with van der Waals surface area (Å²) in [5.41, 5.74) is 2.29. The maximum absolute atomic E-state index is 9.51. The predicted molar refractivity (Wildman–Crippen MR) is 67.2 cm³/mol. The van der Waals surface area contributed by atoms with Gasteiger partial charge in [-0.3, -0.25) is 0 Å². The van der Waals surface area contributed by atoms with Crippen LogP contribution >= 0.6 is 0 Å². The van der Waals surface area contributed by atoms with Crippen LogP contribution in [0.2, 0.25) is 0 Å². The second kappa shape index (κ2) is 4.69. The maximum atomic E-state index is 9.51. The lowest BCUT2D eigenvalue weighted by molar-refractivity contribution is 0.0439. The van der Waals surface area contributed by atoms with Crippen LogP contribution in [-0.2, 0) is 17.6 Å². The first-order valence-electron chi connectivity index (χ1n) is 7.15. The summed E-state index contributed by atoms with van der Waals surface area (Å²) >= 11 is 0. The van der Waals surface area contributed by atoms with E-state index in [1.54, 1.807) is 6.07 Å². The first-order valence-corrected chi connectivity index (χ1v) is 6.57. The Balaban J connectivity index is 1.82. The van der Waals surface area contributed by atoms with Gasteiger partial charge < -0.3 is 9.84 Å². The summed E-state index contributed by atoms with van der Waals surface area (Å²) in [5.74, 6) is 1.43. The van der Waals surface area contributed by atoms with Crippen molar-refractivity contribution in [1.29, 1.82) is 0 Å². The Kier molecular flexibility index (Phi) is 2.75. The van der Waals surface area contributed by atoms with Crippen LogP contribution in [0.3, 0.4) is 0 Å². The highest BCUT2D eigenvalue weighted by atomic mass is 16.5.